The van der Waals surface area contributed by atoms with E-state index in [-0.39, 0.29) is 0 Å². The Labute approximate surface area is 242 Å². The summed E-state index contributed by atoms with van der Waals surface area (Å²) in [7, 11) is 0. The van der Waals surface area contributed by atoms with Crippen LogP contribution >= 0.6 is 0 Å². The van der Waals surface area contributed by atoms with Crippen molar-refractivity contribution in [3.63, 3.8) is 0 Å². The van der Waals surface area contributed by atoms with Gasteiger partial charge in [0.05, 0.1) is 16.6 Å². The molecule has 0 aliphatic carbocycles. The van der Waals surface area contributed by atoms with E-state index >= 15 is 0 Å². The highest BCUT2D eigenvalue weighted by Crippen LogP contribution is 2.37. The molecule has 0 saturated carbocycles. The molecule has 8 rings (SSSR count). The van der Waals surface area contributed by atoms with E-state index in [0.717, 1.165) is 60.5 Å². The largest absolute Gasteiger partial charge is 0.254 e. The summed E-state index contributed by atoms with van der Waals surface area (Å²) in [5.74, 6) is 1.93. The molecule has 3 heterocycles. The standard InChI is InChI=1S/C37H23N5/c1-3-10-26(11-4-1)35-40-36(27-12-5-2-6-13-27)42-37(41-35)28-19-17-24(18-20-28)32-29-15-7-8-16-31(29)39-34-30(32)22-21-25-14-9-23-38-33(25)34/h1-23H. The van der Waals surface area contributed by atoms with Gasteiger partial charge in [0.15, 0.2) is 17.5 Å². The molecule has 0 spiro atoms. The molecule has 0 aliphatic rings. The fraction of sp³-hybridized carbons (Fsp3) is 0. The lowest BCUT2D eigenvalue weighted by molar-refractivity contribution is 1.07. The number of hydrogen-bond donors (Lipinski definition) is 0. The third kappa shape index (κ3) is 4.16. The smallest absolute Gasteiger partial charge is 0.164 e. The molecule has 3 aromatic heterocycles. The maximum absolute atomic E-state index is 5.04. The monoisotopic (exact) mass is 537 g/mol. The Kier molecular flexibility index (Phi) is 5.71. The van der Waals surface area contributed by atoms with Crippen molar-refractivity contribution in [3.05, 3.63) is 140 Å². The normalized spacial score (nSPS) is 11.3. The third-order valence-electron chi connectivity index (χ3n) is 7.55. The minimum absolute atomic E-state index is 0.633. The molecule has 8 aromatic rings. The molecule has 5 aromatic carbocycles. The van der Waals surface area contributed by atoms with Gasteiger partial charge in [0, 0.05) is 44.6 Å². The average molecular weight is 538 g/mol. The fourth-order valence-corrected chi connectivity index (χ4v) is 5.53. The van der Waals surface area contributed by atoms with Gasteiger partial charge in [-0.05, 0) is 17.7 Å². The van der Waals surface area contributed by atoms with Gasteiger partial charge in [0.25, 0.3) is 0 Å². The second kappa shape index (κ2) is 9.98. The SMILES string of the molecule is c1ccc(-c2nc(-c3ccccc3)nc(-c3ccc(-c4c5ccccc5nc5c4ccc4cccnc45)cc3)n2)cc1. The maximum atomic E-state index is 5.04. The van der Waals surface area contributed by atoms with Crippen LogP contribution in [0.25, 0.3) is 78.0 Å². The highest BCUT2D eigenvalue weighted by atomic mass is 15.0. The molecule has 0 unspecified atom stereocenters. The van der Waals surface area contributed by atoms with E-state index in [1.807, 2.05) is 79.0 Å². The van der Waals surface area contributed by atoms with Crippen molar-refractivity contribution in [2.24, 2.45) is 0 Å². The first-order chi connectivity index (χ1) is 20.8. The maximum Gasteiger partial charge on any atom is 0.164 e. The van der Waals surface area contributed by atoms with Crippen LogP contribution < -0.4 is 0 Å². The highest BCUT2D eigenvalue weighted by molar-refractivity contribution is 6.15. The summed E-state index contributed by atoms with van der Waals surface area (Å²) in [5.41, 5.74) is 7.81. The van der Waals surface area contributed by atoms with Gasteiger partial charge in [0.1, 0.15) is 0 Å². The molecule has 0 atom stereocenters. The molecule has 5 heteroatoms. The predicted molar refractivity (Wildman–Crippen MR) is 170 cm³/mol. The van der Waals surface area contributed by atoms with Gasteiger partial charge >= 0.3 is 0 Å². The van der Waals surface area contributed by atoms with Crippen molar-refractivity contribution < 1.29 is 0 Å². The zero-order valence-corrected chi connectivity index (χ0v) is 22.5. The van der Waals surface area contributed by atoms with E-state index in [2.05, 4.69) is 65.6 Å². The number of fused-ring (bicyclic) bond motifs is 4. The quantitative estimate of drug-likeness (QED) is 0.166. The summed E-state index contributed by atoms with van der Waals surface area (Å²) in [6.45, 7) is 0. The van der Waals surface area contributed by atoms with Crippen molar-refractivity contribution in [1.82, 2.24) is 24.9 Å². The van der Waals surface area contributed by atoms with Crippen LogP contribution in [0.15, 0.2) is 140 Å². The molecule has 0 fully saturated rings. The zero-order valence-electron chi connectivity index (χ0n) is 22.5. The van der Waals surface area contributed by atoms with Crippen molar-refractivity contribution in [3.8, 4) is 45.3 Å². The molecule has 0 aliphatic heterocycles. The Morgan fingerprint density at radius 1 is 0.357 bits per heavy atom. The molecule has 0 N–H and O–H groups in total. The topological polar surface area (TPSA) is 64.5 Å². The first-order valence-electron chi connectivity index (χ1n) is 13.9. The average Bonchev–Trinajstić information content (AvgIpc) is 3.08. The molecule has 42 heavy (non-hydrogen) atoms. The van der Waals surface area contributed by atoms with Crippen molar-refractivity contribution in [2.75, 3.05) is 0 Å². The van der Waals surface area contributed by atoms with E-state index < -0.39 is 0 Å². The molecule has 5 nitrogen and oxygen atoms in total. The molecule has 0 bridgehead atoms. The molecule has 0 saturated heterocycles. The minimum atomic E-state index is 0.633. The Hall–Kier alpha value is -5.81. The summed E-state index contributed by atoms with van der Waals surface area (Å²) in [5, 5.41) is 3.25. The second-order valence-corrected chi connectivity index (χ2v) is 10.2. The number of para-hydroxylation sites is 1. The van der Waals surface area contributed by atoms with Crippen LogP contribution in [0.3, 0.4) is 0 Å². The van der Waals surface area contributed by atoms with E-state index in [1.165, 1.54) is 0 Å². The Balaban J connectivity index is 1.30. The van der Waals surface area contributed by atoms with Crippen LogP contribution in [0, 0.1) is 0 Å². The predicted octanol–water partition coefficient (Wildman–Crippen LogP) is 8.79. The van der Waals surface area contributed by atoms with Gasteiger partial charge in [-0.1, -0.05) is 121 Å². The van der Waals surface area contributed by atoms with Crippen LogP contribution in [0.5, 0.6) is 0 Å². The fourth-order valence-electron chi connectivity index (χ4n) is 5.53. The molecule has 196 valence electrons. The van der Waals surface area contributed by atoms with Crippen molar-refractivity contribution in [1.29, 1.82) is 0 Å². The van der Waals surface area contributed by atoms with Crippen LogP contribution in [0.2, 0.25) is 0 Å². The first kappa shape index (κ1) is 24.0. The molecular formula is C37H23N5. The number of pyridine rings is 2. The van der Waals surface area contributed by atoms with Gasteiger partial charge in [-0.3, -0.25) is 4.98 Å². The van der Waals surface area contributed by atoms with Crippen LogP contribution in [-0.2, 0) is 0 Å². The Morgan fingerprint density at radius 2 is 0.929 bits per heavy atom. The first-order valence-corrected chi connectivity index (χ1v) is 13.9. The lowest BCUT2D eigenvalue weighted by atomic mass is 9.94. The van der Waals surface area contributed by atoms with E-state index in [1.54, 1.807) is 0 Å². The lowest BCUT2D eigenvalue weighted by Crippen LogP contribution is -2.00. The van der Waals surface area contributed by atoms with Crippen molar-refractivity contribution >= 4 is 32.7 Å². The van der Waals surface area contributed by atoms with E-state index in [4.69, 9.17) is 19.9 Å². The second-order valence-electron chi connectivity index (χ2n) is 10.2. The number of benzene rings is 5. The van der Waals surface area contributed by atoms with Crippen molar-refractivity contribution in [2.45, 2.75) is 0 Å². The summed E-state index contributed by atoms with van der Waals surface area (Å²) in [6.07, 6.45) is 1.83. The number of rotatable bonds is 4. The molecule has 0 radical (unpaired) electrons. The van der Waals surface area contributed by atoms with Gasteiger partial charge < -0.3 is 0 Å². The van der Waals surface area contributed by atoms with E-state index in [9.17, 15) is 0 Å². The number of aromatic nitrogens is 5. The summed E-state index contributed by atoms with van der Waals surface area (Å²) < 4.78 is 0. The zero-order chi connectivity index (χ0) is 27.9. The third-order valence-corrected chi connectivity index (χ3v) is 7.55. The van der Waals surface area contributed by atoms with E-state index in [0.29, 0.717) is 17.5 Å². The van der Waals surface area contributed by atoms with Crippen LogP contribution in [0.4, 0.5) is 0 Å². The Bertz CT molecular complexity index is 2170. The summed E-state index contributed by atoms with van der Waals surface area (Å²) in [4.78, 5) is 24.3. The van der Waals surface area contributed by atoms with Gasteiger partial charge in [-0.15, -0.1) is 0 Å². The minimum Gasteiger partial charge on any atom is -0.254 e. The van der Waals surface area contributed by atoms with Crippen LogP contribution in [0.1, 0.15) is 0 Å². The molecular weight excluding hydrogens is 514 g/mol. The highest BCUT2D eigenvalue weighted by Gasteiger charge is 2.16. The van der Waals surface area contributed by atoms with Gasteiger partial charge in [-0.2, -0.15) is 0 Å². The van der Waals surface area contributed by atoms with Crippen LogP contribution in [-0.4, -0.2) is 24.9 Å². The van der Waals surface area contributed by atoms with Gasteiger partial charge in [-0.25, -0.2) is 19.9 Å². The summed E-state index contributed by atoms with van der Waals surface area (Å²) >= 11 is 0. The van der Waals surface area contributed by atoms with Gasteiger partial charge in [0.2, 0.25) is 0 Å². The summed E-state index contributed by atoms with van der Waals surface area (Å²) in [6, 6.07) is 45.2. The molecule has 0 amide bonds. The Morgan fingerprint density at radius 3 is 1.60 bits per heavy atom. The number of nitrogens with zero attached hydrogens (tertiary/aromatic N) is 5. The lowest BCUT2D eigenvalue weighted by Gasteiger charge is -2.13. The number of hydrogen-bond acceptors (Lipinski definition) is 5.